The third-order valence-corrected chi connectivity index (χ3v) is 6.42. The van der Waals surface area contributed by atoms with Crippen molar-refractivity contribution in [2.45, 2.75) is 38.6 Å². The summed E-state index contributed by atoms with van der Waals surface area (Å²) < 4.78 is 0. The lowest BCUT2D eigenvalue weighted by Crippen LogP contribution is -2.19. The minimum Gasteiger partial charge on any atom is -0.257 e. The number of anilines is 1. The third kappa shape index (κ3) is 4.47. The Morgan fingerprint density at radius 1 is 0.636 bits per heavy atom. The zero-order valence-corrected chi connectivity index (χ0v) is 19.6. The second-order valence-electron chi connectivity index (χ2n) is 9.76. The number of rotatable bonds is 4. The minimum atomic E-state index is 0.148. The van der Waals surface area contributed by atoms with Crippen LogP contribution in [0.5, 0.6) is 0 Å². The molecular weight excluding hydrogens is 400 g/mol. The van der Waals surface area contributed by atoms with Crippen LogP contribution in [0.15, 0.2) is 114 Å². The molecule has 164 valence electrons. The van der Waals surface area contributed by atoms with Crippen LogP contribution in [0.25, 0.3) is 11.1 Å². The summed E-state index contributed by atoms with van der Waals surface area (Å²) >= 11 is 0. The van der Waals surface area contributed by atoms with Gasteiger partial charge in [-0.05, 0) is 45.4 Å². The first-order valence-corrected chi connectivity index (χ1v) is 11.7. The largest absolute Gasteiger partial charge is 0.257 e. The Labute approximate surface area is 197 Å². The Balaban J connectivity index is 1.47. The fraction of sp³-hybridized carbons (Fsp3) is 0.194. The van der Waals surface area contributed by atoms with Crippen LogP contribution < -0.4 is 5.01 Å². The van der Waals surface area contributed by atoms with E-state index in [0.29, 0.717) is 0 Å². The van der Waals surface area contributed by atoms with E-state index in [0.717, 1.165) is 17.8 Å². The Kier molecular flexibility index (Phi) is 5.60. The van der Waals surface area contributed by atoms with Crippen LogP contribution in [0.4, 0.5) is 5.69 Å². The molecule has 0 N–H and O–H groups in total. The van der Waals surface area contributed by atoms with Crippen molar-refractivity contribution in [2.24, 2.45) is 5.10 Å². The van der Waals surface area contributed by atoms with Crippen molar-refractivity contribution < 1.29 is 0 Å². The average Bonchev–Trinajstić information content (AvgIpc) is 3.30. The molecule has 1 atom stereocenters. The fourth-order valence-corrected chi connectivity index (χ4v) is 4.45. The first-order valence-electron chi connectivity index (χ1n) is 11.7. The first kappa shape index (κ1) is 21.2. The van der Waals surface area contributed by atoms with Gasteiger partial charge < -0.3 is 0 Å². The predicted molar refractivity (Wildman–Crippen MR) is 140 cm³/mol. The van der Waals surface area contributed by atoms with Gasteiger partial charge in [-0.2, -0.15) is 5.10 Å². The molecule has 2 nitrogen and oxygen atoms in total. The Hall–Kier alpha value is -3.65. The van der Waals surface area contributed by atoms with E-state index in [-0.39, 0.29) is 11.5 Å². The maximum atomic E-state index is 5.11. The SMILES string of the molecule is CC(C)(C)c1ccc(C2CC(c3ccc(-c4ccccc4)cc3)=NN2c2ccccc2)cc1. The molecule has 0 bridgehead atoms. The smallest absolute Gasteiger partial charge is 0.0831 e. The van der Waals surface area contributed by atoms with Gasteiger partial charge in [-0.15, -0.1) is 0 Å². The maximum Gasteiger partial charge on any atom is 0.0831 e. The van der Waals surface area contributed by atoms with Gasteiger partial charge in [-0.25, -0.2) is 0 Å². The highest BCUT2D eigenvalue weighted by molar-refractivity contribution is 6.03. The highest BCUT2D eigenvalue weighted by Crippen LogP contribution is 2.37. The second kappa shape index (κ2) is 8.71. The molecular formula is C31H30N2. The summed E-state index contributed by atoms with van der Waals surface area (Å²) in [6.45, 7) is 6.77. The Morgan fingerprint density at radius 3 is 1.79 bits per heavy atom. The van der Waals surface area contributed by atoms with Crippen LogP contribution in [0.2, 0.25) is 0 Å². The topological polar surface area (TPSA) is 15.6 Å². The molecule has 33 heavy (non-hydrogen) atoms. The van der Waals surface area contributed by atoms with Crippen molar-refractivity contribution in [3.8, 4) is 11.1 Å². The lowest BCUT2D eigenvalue weighted by atomic mass is 9.86. The number of hydrogen-bond acceptors (Lipinski definition) is 2. The number of benzene rings is 4. The molecule has 1 aliphatic rings. The summed E-state index contributed by atoms with van der Waals surface area (Å²) in [4.78, 5) is 0. The number of nitrogens with zero attached hydrogens (tertiary/aromatic N) is 2. The molecule has 4 aromatic carbocycles. The molecule has 0 aliphatic carbocycles. The highest BCUT2D eigenvalue weighted by Gasteiger charge is 2.30. The first-order chi connectivity index (χ1) is 16.0. The van der Waals surface area contributed by atoms with E-state index in [4.69, 9.17) is 5.10 Å². The molecule has 1 unspecified atom stereocenters. The van der Waals surface area contributed by atoms with E-state index in [9.17, 15) is 0 Å². The molecule has 0 saturated heterocycles. The van der Waals surface area contributed by atoms with Crippen molar-refractivity contribution in [2.75, 3.05) is 5.01 Å². The number of hydrazone groups is 1. The van der Waals surface area contributed by atoms with Crippen molar-refractivity contribution in [3.63, 3.8) is 0 Å². The highest BCUT2D eigenvalue weighted by atomic mass is 15.5. The van der Waals surface area contributed by atoms with Crippen molar-refractivity contribution in [3.05, 3.63) is 126 Å². The maximum absolute atomic E-state index is 5.11. The molecule has 1 aliphatic heterocycles. The van der Waals surface area contributed by atoms with E-state index in [1.165, 1.54) is 27.8 Å². The van der Waals surface area contributed by atoms with E-state index in [1.54, 1.807) is 0 Å². The quantitative estimate of drug-likeness (QED) is 0.320. The van der Waals surface area contributed by atoms with Crippen LogP contribution in [0.1, 0.15) is 49.9 Å². The summed E-state index contributed by atoms with van der Waals surface area (Å²) in [5.41, 5.74) is 8.70. The van der Waals surface area contributed by atoms with Crippen LogP contribution in [0.3, 0.4) is 0 Å². The van der Waals surface area contributed by atoms with Crippen molar-refractivity contribution in [1.82, 2.24) is 0 Å². The third-order valence-electron chi connectivity index (χ3n) is 6.42. The van der Waals surface area contributed by atoms with E-state index < -0.39 is 0 Å². The average molecular weight is 431 g/mol. The fourth-order valence-electron chi connectivity index (χ4n) is 4.45. The van der Waals surface area contributed by atoms with Gasteiger partial charge in [0.05, 0.1) is 17.4 Å². The molecule has 2 heteroatoms. The summed E-state index contributed by atoms with van der Waals surface area (Å²) in [5, 5.41) is 7.30. The molecule has 0 amide bonds. The molecule has 0 radical (unpaired) electrons. The molecule has 0 spiro atoms. The van der Waals surface area contributed by atoms with Crippen molar-refractivity contribution >= 4 is 11.4 Å². The van der Waals surface area contributed by atoms with Gasteiger partial charge >= 0.3 is 0 Å². The predicted octanol–water partition coefficient (Wildman–Crippen LogP) is 8.01. The summed E-state index contributed by atoms with van der Waals surface area (Å²) in [7, 11) is 0. The number of hydrogen-bond donors (Lipinski definition) is 0. The summed E-state index contributed by atoms with van der Waals surface area (Å²) in [6.07, 6.45) is 0.883. The monoisotopic (exact) mass is 430 g/mol. The van der Waals surface area contributed by atoms with E-state index >= 15 is 0 Å². The molecule has 0 fully saturated rings. The zero-order valence-electron chi connectivity index (χ0n) is 19.6. The van der Waals surface area contributed by atoms with Gasteiger partial charge in [0.1, 0.15) is 0 Å². The standard InChI is InChI=1S/C31H30N2/c1-31(2,3)27-20-18-26(19-21-27)30-22-29(32-33(30)28-12-8-5-9-13-28)25-16-14-24(15-17-25)23-10-6-4-7-11-23/h4-21,30H,22H2,1-3H3. The van der Waals surface area contributed by atoms with Gasteiger partial charge in [-0.1, -0.05) is 118 Å². The van der Waals surface area contributed by atoms with E-state index in [2.05, 4.69) is 135 Å². The van der Waals surface area contributed by atoms with Gasteiger partial charge in [0.15, 0.2) is 0 Å². The van der Waals surface area contributed by atoms with Crippen LogP contribution in [0, 0.1) is 0 Å². The minimum absolute atomic E-state index is 0.148. The van der Waals surface area contributed by atoms with Gasteiger partial charge in [-0.3, -0.25) is 5.01 Å². The van der Waals surface area contributed by atoms with Crippen LogP contribution in [-0.2, 0) is 5.41 Å². The second-order valence-corrected chi connectivity index (χ2v) is 9.76. The Bertz CT molecular complexity index is 1230. The summed E-state index contributed by atoms with van der Waals surface area (Å²) in [5.74, 6) is 0. The summed E-state index contributed by atoms with van der Waals surface area (Å²) in [6, 6.07) is 39.1. The molecule has 4 aromatic rings. The normalized spacial score (nSPS) is 16.0. The lowest BCUT2D eigenvalue weighted by Gasteiger charge is -2.25. The molecule has 0 saturated carbocycles. The molecule has 0 aromatic heterocycles. The number of para-hydroxylation sites is 1. The zero-order chi connectivity index (χ0) is 22.8. The van der Waals surface area contributed by atoms with E-state index in [1.807, 2.05) is 0 Å². The van der Waals surface area contributed by atoms with Gasteiger partial charge in [0.2, 0.25) is 0 Å². The molecule has 5 rings (SSSR count). The van der Waals surface area contributed by atoms with Crippen LogP contribution >= 0.6 is 0 Å². The lowest BCUT2D eigenvalue weighted by molar-refractivity contribution is 0.589. The molecule has 1 heterocycles. The van der Waals surface area contributed by atoms with Crippen LogP contribution in [-0.4, -0.2) is 5.71 Å². The Morgan fingerprint density at radius 2 is 1.18 bits per heavy atom. The van der Waals surface area contributed by atoms with Gasteiger partial charge in [0.25, 0.3) is 0 Å². The van der Waals surface area contributed by atoms with Gasteiger partial charge in [0, 0.05) is 6.42 Å². The van der Waals surface area contributed by atoms with Crippen molar-refractivity contribution in [1.29, 1.82) is 0 Å².